The lowest BCUT2D eigenvalue weighted by atomic mass is 9.36. The fraction of sp³-hybridized carbons (Fsp3) is 0. The molecule has 0 aliphatic rings. The number of benzene rings is 3. The van der Waals surface area contributed by atoms with Crippen LogP contribution in [0, 0.1) is 0 Å². The van der Waals surface area contributed by atoms with Gasteiger partial charge in [-0.25, -0.2) is 0 Å². The van der Waals surface area contributed by atoms with E-state index in [-0.39, 0.29) is 6.71 Å². The van der Waals surface area contributed by atoms with Gasteiger partial charge in [0.15, 0.2) is 0 Å². The lowest BCUT2D eigenvalue weighted by molar-refractivity contribution is 1.10. The Labute approximate surface area is 197 Å². The van der Waals surface area contributed by atoms with Crippen LogP contribution in [0.15, 0.2) is 110 Å². The Balaban J connectivity index is 1.59. The van der Waals surface area contributed by atoms with Crippen LogP contribution >= 0.6 is 0 Å². The Kier molecular flexibility index (Phi) is 5.12. The zero-order valence-corrected chi connectivity index (χ0v) is 18.3. The quantitative estimate of drug-likeness (QED) is 0.347. The zero-order chi connectivity index (χ0) is 22.7. The van der Waals surface area contributed by atoms with E-state index < -0.39 is 0 Å². The summed E-state index contributed by atoms with van der Waals surface area (Å²) in [4.78, 5) is 0. The molecule has 0 amide bonds. The van der Waals surface area contributed by atoms with E-state index in [0.717, 1.165) is 50.2 Å². The second-order valence-electron chi connectivity index (χ2n) is 8.13. The number of aromatic amines is 3. The molecule has 0 aliphatic carbocycles. The standard InChI is InChI=1S/C27H21BN6/c1-4-10-19(11-5-1)25-22(16-29-32-25)28(23-17-30-33-26(23)20-12-6-2-7-13-20)24-18-31-34-27(24)21-14-8-3-9-15-21/h1-18H,(H,29,32)(H,30,33)(H,31,34)/q-1. The predicted octanol–water partition coefficient (Wildman–Crippen LogP) is 3.37. The van der Waals surface area contributed by atoms with Crippen molar-refractivity contribution in [3.05, 3.63) is 110 Å². The monoisotopic (exact) mass is 440 g/mol. The van der Waals surface area contributed by atoms with Gasteiger partial charge >= 0.3 is 0 Å². The van der Waals surface area contributed by atoms with Gasteiger partial charge in [0.05, 0.1) is 0 Å². The predicted molar refractivity (Wildman–Crippen MR) is 137 cm³/mol. The second-order valence-corrected chi connectivity index (χ2v) is 8.13. The molecule has 0 spiro atoms. The first kappa shape index (κ1) is 20.0. The van der Waals surface area contributed by atoms with Gasteiger partial charge in [0.2, 0.25) is 0 Å². The number of rotatable bonds is 6. The summed E-state index contributed by atoms with van der Waals surface area (Å²) in [6, 6.07) is 30.8. The summed E-state index contributed by atoms with van der Waals surface area (Å²) in [5.74, 6) is 0. The highest BCUT2D eigenvalue weighted by Gasteiger charge is 2.20. The van der Waals surface area contributed by atoms with Crippen molar-refractivity contribution < 1.29 is 0 Å². The molecule has 7 heteroatoms. The van der Waals surface area contributed by atoms with Crippen molar-refractivity contribution in [2.75, 3.05) is 0 Å². The maximum absolute atomic E-state index is 4.46. The SMILES string of the molecule is c1ccc(-c2[nH]ncc2[B-](c2cn[nH]c2-c2ccccc2)c2cn[nH]c2-c2ccccc2)cc1. The van der Waals surface area contributed by atoms with Crippen molar-refractivity contribution in [3.63, 3.8) is 0 Å². The molecular weight excluding hydrogens is 419 g/mol. The lowest BCUT2D eigenvalue weighted by Crippen LogP contribution is -2.53. The number of H-pyrrole nitrogens is 3. The third kappa shape index (κ3) is 3.53. The molecule has 3 aromatic heterocycles. The van der Waals surface area contributed by atoms with Crippen LogP contribution in [-0.4, -0.2) is 37.3 Å². The molecule has 3 aromatic carbocycles. The Morgan fingerprint density at radius 1 is 0.412 bits per heavy atom. The fourth-order valence-electron chi connectivity index (χ4n) is 4.55. The van der Waals surface area contributed by atoms with Crippen LogP contribution in [-0.2, 0) is 0 Å². The van der Waals surface area contributed by atoms with Gasteiger partial charge in [-0.3, -0.25) is 15.3 Å². The molecule has 0 unspecified atom stereocenters. The summed E-state index contributed by atoms with van der Waals surface area (Å²) < 4.78 is 0. The highest BCUT2D eigenvalue weighted by Crippen LogP contribution is 2.20. The van der Waals surface area contributed by atoms with Gasteiger partial charge in [-0.15, -0.1) is 0 Å². The number of nitrogens with one attached hydrogen (secondary N) is 3. The van der Waals surface area contributed by atoms with Gasteiger partial charge in [0.25, 0.3) is 0 Å². The van der Waals surface area contributed by atoms with Crippen molar-refractivity contribution in [1.29, 1.82) is 0 Å². The van der Waals surface area contributed by atoms with E-state index in [0.29, 0.717) is 0 Å². The first-order valence-electron chi connectivity index (χ1n) is 11.2. The molecule has 0 bridgehead atoms. The number of hydrogen-bond acceptors (Lipinski definition) is 3. The molecule has 3 heterocycles. The maximum atomic E-state index is 4.46. The first-order chi connectivity index (χ1) is 16.9. The van der Waals surface area contributed by atoms with Crippen molar-refractivity contribution >= 4 is 23.1 Å². The molecule has 0 atom stereocenters. The van der Waals surface area contributed by atoms with E-state index in [1.807, 2.05) is 73.2 Å². The largest absolute Gasteiger partial charge is 0.281 e. The minimum atomic E-state index is -0.156. The fourth-order valence-corrected chi connectivity index (χ4v) is 4.55. The number of nitrogens with zero attached hydrogens (tertiary/aromatic N) is 3. The van der Waals surface area contributed by atoms with Gasteiger partial charge in [-0.1, -0.05) is 91.0 Å². The molecule has 1 radical (unpaired) electrons. The number of hydrogen-bond donors (Lipinski definition) is 3. The minimum absolute atomic E-state index is 0.156. The molecule has 3 N–H and O–H groups in total. The van der Waals surface area contributed by atoms with Gasteiger partial charge in [0.1, 0.15) is 0 Å². The highest BCUT2D eigenvalue weighted by molar-refractivity contribution is 6.97. The molecular formula is C27H21BN6-. The van der Waals surface area contributed by atoms with Gasteiger partial charge in [-0.05, 0) is 23.4 Å². The van der Waals surface area contributed by atoms with Crippen LogP contribution in [0.3, 0.4) is 0 Å². The third-order valence-corrected chi connectivity index (χ3v) is 6.13. The zero-order valence-electron chi connectivity index (χ0n) is 18.3. The minimum Gasteiger partial charge on any atom is -0.281 e. The van der Waals surface area contributed by atoms with Crippen LogP contribution in [0.5, 0.6) is 0 Å². The average molecular weight is 440 g/mol. The Morgan fingerprint density at radius 2 is 0.706 bits per heavy atom. The number of aromatic nitrogens is 6. The maximum Gasteiger partial charge on any atom is 0.0276 e. The molecule has 0 aliphatic heterocycles. The van der Waals surface area contributed by atoms with E-state index in [1.165, 1.54) is 0 Å². The van der Waals surface area contributed by atoms with Crippen LogP contribution in [0.2, 0.25) is 0 Å². The van der Waals surface area contributed by atoms with E-state index in [4.69, 9.17) is 0 Å². The molecule has 6 rings (SSSR count). The Bertz CT molecular complexity index is 1320. The van der Waals surface area contributed by atoms with Crippen LogP contribution in [0.4, 0.5) is 0 Å². The summed E-state index contributed by atoms with van der Waals surface area (Å²) in [6.45, 7) is -0.156. The summed E-state index contributed by atoms with van der Waals surface area (Å²) in [6.07, 6.45) is 5.74. The molecule has 0 saturated carbocycles. The highest BCUT2D eigenvalue weighted by atomic mass is 15.1. The van der Waals surface area contributed by atoms with Crippen molar-refractivity contribution in [3.8, 4) is 33.8 Å². The molecule has 0 fully saturated rings. The van der Waals surface area contributed by atoms with Crippen LogP contribution < -0.4 is 16.4 Å². The molecule has 6 nitrogen and oxygen atoms in total. The molecule has 6 aromatic rings. The van der Waals surface area contributed by atoms with Gasteiger partial charge < -0.3 is 0 Å². The van der Waals surface area contributed by atoms with E-state index in [2.05, 4.69) is 67.0 Å². The Hall–Kier alpha value is -4.65. The van der Waals surface area contributed by atoms with Gasteiger partial charge in [0, 0.05) is 35.7 Å². The summed E-state index contributed by atoms with van der Waals surface area (Å²) in [7, 11) is 0. The van der Waals surface area contributed by atoms with E-state index in [9.17, 15) is 0 Å². The van der Waals surface area contributed by atoms with Crippen LogP contribution in [0.1, 0.15) is 0 Å². The Morgan fingerprint density at radius 3 is 1.00 bits per heavy atom. The van der Waals surface area contributed by atoms with Crippen molar-refractivity contribution in [1.82, 2.24) is 30.6 Å². The second kappa shape index (κ2) is 8.71. The normalized spacial score (nSPS) is 11.2. The molecule has 0 saturated heterocycles. The van der Waals surface area contributed by atoms with Crippen LogP contribution in [0.25, 0.3) is 33.8 Å². The first-order valence-corrected chi connectivity index (χ1v) is 11.2. The average Bonchev–Trinajstić information content (AvgIpc) is 3.68. The molecule has 163 valence electrons. The molecule has 34 heavy (non-hydrogen) atoms. The summed E-state index contributed by atoms with van der Waals surface area (Å²) >= 11 is 0. The lowest BCUT2D eigenvalue weighted by Gasteiger charge is -2.29. The topological polar surface area (TPSA) is 86.0 Å². The smallest absolute Gasteiger partial charge is 0.0276 e. The van der Waals surface area contributed by atoms with Crippen molar-refractivity contribution in [2.24, 2.45) is 0 Å². The van der Waals surface area contributed by atoms with Gasteiger partial charge in [-0.2, -0.15) is 31.7 Å². The van der Waals surface area contributed by atoms with E-state index >= 15 is 0 Å². The third-order valence-electron chi connectivity index (χ3n) is 6.13. The summed E-state index contributed by atoms with van der Waals surface area (Å²) in [5.41, 5.74) is 9.34. The summed E-state index contributed by atoms with van der Waals surface area (Å²) in [5, 5.41) is 23.1. The van der Waals surface area contributed by atoms with Crippen molar-refractivity contribution in [2.45, 2.75) is 0 Å². The van der Waals surface area contributed by atoms with E-state index in [1.54, 1.807) is 0 Å².